The number of benzene rings is 1. The van der Waals surface area contributed by atoms with Gasteiger partial charge in [0.1, 0.15) is 0 Å². The molecule has 1 aromatic carbocycles. The van der Waals surface area contributed by atoms with E-state index < -0.39 is 10.2 Å². The third-order valence-electron chi connectivity index (χ3n) is 2.19. The molecular formula is C10H18ClN3O2S. The number of rotatable bonds is 5. The van der Waals surface area contributed by atoms with Crippen LogP contribution in [0.1, 0.15) is 11.6 Å². The summed E-state index contributed by atoms with van der Waals surface area (Å²) in [5.74, 6) is 0. The van der Waals surface area contributed by atoms with Gasteiger partial charge in [0.25, 0.3) is 10.2 Å². The smallest absolute Gasteiger partial charge is 0.278 e. The van der Waals surface area contributed by atoms with Gasteiger partial charge in [-0.1, -0.05) is 30.3 Å². The largest absolute Gasteiger partial charge is 0.323 e. The van der Waals surface area contributed by atoms with E-state index in [2.05, 4.69) is 4.72 Å². The molecule has 0 heterocycles. The molecule has 98 valence electrons. The highest BCUT2D eigenvalue weighted by molar-refractivity contribution is 7.87. The molecule has 0 aromatic heterocycles. The number of hydrogen-bond donors (Lipinski definition) is 2. The molecule has 0 amide bonds. The van der Waals surface area contributed by atoms with E-state index in [0.717, 1.165) is 9.87 Å². The van der Waals surface area contributed by atoms with Crippen LogP contribution in [0.15, 0.2) is 30.3 Å². The van der Waals surface area contributed by atoms with Gasteiger partial charge in [0.15, 0.2) is 0 Å². The lowest BCUT2D eigenvalue weighted by atomic mass is 10.1. The second-order valence-corrected chi connectivity index (χ2v) is 5.62. The minimum atomic E-state index is -3.40. The molecule has 0 spiro atoms. The van der Waals surface area contributed by atoms with E-state index in [9.17, 15) is 8.42 Å². The monoisotopic (exact) mass is 279 g/mol. The summed E-state index contributed by atoms with van der Waals surface area (Å²) in [6.45, 7) is 0.185. The second kappa shape index (κ2) is 6.93. The molecule has 3 N–H and O–H groups in total. The van der Waals surface area contributed by atoms with Crippen molar-refractivity contribution in [3.05, 3.63) is 35.9 Å². The van der Waals surface area contributed by atoms with Crippen molar-refractivity contribution in [1.29, 1.82) is 0 Å². The fraction of sp³-hybridized carbons (Fsp3) is 0.400. The maximum Gasteiger partial charge on any atom is 0.278 e. The van der Waals surface area contributed by atoms with Gasteiger partial charge in [-0.2, -0.15) is 12.7 Å². The van der Waals surface area contributed by atoms with Crippen molar-refractivity contribution in [3.8, 4) is 0 Å². The average Bonchev–Trinajstić information content (AvgIpc) is 2.27. The van der Waals surface area contributed by atoms with Crippen molar-refractivity contribution < 1.29 is 8.42 Å². The normalized spacial score (nSPS) is 13.2. The van der Waals surface area contributed by atoms with Gasteiger partial charge in [0, 0.05) is 26.7 Å². The number of nitrogens with two attached hydrogens (primary N) is 1. The van der Waals surface area contributed by atoms with Crippen molar-refractivity contribution in [2.24, 2.45) is 5.73 Å². The van der Waals surface area contributed by atoms with Gasteiger partial charge in [-0.25, -0.2) is 4.72 Å². The highest BCUT2D eigenvalue weighted by Crippen LogP contribution is 2.08. The van der Waals surface area contributed by atoms with E-state index >= 15 is 0 Å². The zero-order valence-electron chi connectivity index (χ0n) is 9.83. The predicted octanol–water partition coefficient (Wildman–Crippen LogP) is 0.504. The molecule has 0 saturated heterocycles. The fourth-order valence-corrected chi connectivity index (χ4v) is 1.79. The molecule has 7 heteroatoms. The van der Waals surface area contributed by atoms with E-state index in [4.69, 9.17) is 5.73 Å². The summed E-state index contributed by atoms with van der Waals surface area (Å²) in [5, 5.41) is 0. The van der Waals surface area contributed by atoms with E-state index in [-0.39, 0.29) is 25.0 Å². The summed E-state index contributed by atoms with van der Waals surface area (Å²) in [7, 11) is -0.461. The van der Waals surface area contributed by atoms with Crippen molar-refractivity contribution in [2.45, 2.75) is 6.04 Å². The van der Waals surface area contributed by atoms with Crippen molar-refractivity contribution in [1.82, 2.24) is 9.03 Å². The molecule has 1 rings (SSSR count). The third-order valence-corrected chi connectivity index (χ3v) is 3.69. The Bertz CT molecular complexity index is 422. The van der Waals surface area contributed by atoms with Crippen LogP contribution in [0, 0.1) is 0 Å². The number of nitrogens with one attached hydrogen (secondary N) is 1. The summed E-state index contributed by atoms with van der Waals surface area (Å²) >= 11 is 0. The number of nitrogens with zero attached hydrogens (tertiary/aromatic N) is 1. The number of hydrogen-bond acceptors (Lipinski definition) is 3. The van der Waals surface area contributed by atoms with E-state index in [0.29, 0.717) is 0 Å². The lowest BCUT2D eigenvalue weighted by Gasteiger charge is -2.16. The Kier molecular flexibility index (Phi) is 6.66. The van der Waals surface area contributed by atoms with Crippen LogP contribution in [-0.4, -0.2) is 33.4 Å². The number of halogens is 1. The van der Waals surface area contributed by atoms with Crippen LogP contribution < -0.4 is 10.5 Å². The Balaban J connectivity index is 0.00000256. The lowest BCUT2D eigenvalue weighted by Crippen LogP contribution is -2.39. The molecule has 17 heavy (non-hydrogen) atoms. The standard InChI is InChI=1S/C10H17N3O2S.ClH/c1-13(2)16(14,15)12-8-10(11)9-6-4-3-5-7-9;/h3-7,10,12H,8,11H2,1-2H3;1H. The average molecular weight is 280 g/mol. The summed E-state index contributed by atoms with van der Waals surface area (Å²) < 4.78 is 26.4. The minimum absolute atomic E-state index is 0. The van der Waals surface area contributed by atoms with Gasteiger partial charge in [-0.05, 0) is 5.56 Å². The van der Waals surface area contributed by atoms with Crippen LogP contribution in [0.2, 0.25) is 0 Å². The Hall–Kier alpha value is -0.660. The van der Waals surface area contributed by atoms with Gasteiger partial charge in [-0.3, -0.25) is 0 Å². The van der Waals surface area contributed by atoms with Gasteiger partial charge >= 0.3 is 0 Å². The summed E-state index contributed by atoms with van der Waals surface area (Å²) in [6.07, 6.45) is 0. The molecule has 0 fully saturated rings. The Labute approximate surface area is 109 Å². The maximum atomic E-state index is 11.4. The molecule has 0 aliphatic rings. The van der Waals surface area contributed by atoms with Crippen LogP contribution in [0.5, 0.6) is 0 Å². The zero-order chi connectivity index (χ0) is 12.2. The molecule has 0 radical (unpaired) electrons. The lowest BCUT2D eigenvalue weighted by molar-refractivity contribution is 0.500. The molecule has 1 atom stereocenters. The maximum absolute atomic E-state index is 11.4. The first-order chi connectivity index (χ1) is 7.43. The zero-order valence-corrected chi connectivity index (χ0v) is 11.5. The molecular weight excluding hydrogens is 262 g/mol. The van der Waals surface area contributed by atoms with E-state index in [1.165, 1.54) is 14.1 Å². The highest BCUT2D eigenvalue weighted by Gasteiger charge is 2.14. The molecule has 5 nitrogen and oxygen atoms in total. The Morgan fingerprint density at radius 2 is 1.82 bits per heavy atom. The molecule has 0 aliphatic heterocycles. The van der Waals surface area contributed by atoms with Crippen LogP contribution in [0.25, 0.3) is 0 Å². The topological polar surface area (TPSA) is 75.4 Å². The van der Waals surface area contributed by atoms with Crippen molar-refractivity contribution in [2.75, 3.05) is 20.6 Å². The Morgan fingerprint density at radius 1 is 1.29 bits per heavy atom. The van der Waals surface area contributed by atoms with Crippen LogP contribution in [0.4, 0.5) is 0 Å². The van der Waals surface area contributed by atoms with Crippen LogP contribution in [-0.2, 0) is 10.2 Å². The van der Waals surface area contributed by atoms with Gasteiger partial charge < -0.3 is 5.73 Å². The first-order valence-electron chi connectivity index (χ1n) is 4.91. The summed E-state index contributed by atoms with van der Waals surface area (Å²) in [4.78, 5) is 0. The molecule has 1 unspecified atom stereocenters. The quantitative estimate of drug-likeness (QED) is 0.824. The first-order valence-corrected chi connectivity index (χ1v) is 6.35. The summed E-state index contributed by atoms with van der Waals surface area (Å²) in [5.41, 5.74) is 6.76. The molecule has 0 bridgehead atoms. The SMILES string of the molecule is CN(C)S(=O)(=O)NCC(N)c1ccccc1.Cl. The second-order valence-electron chi connectivity index (χ2n) is 3.65. The molecule has 1 aromatic rings. The van der Waals surface area contributed by atoms with Crippen LogP contribution in [0.3, 0.4) is 0 Å². The predicted molar refractivity (Wildman–Crippen MR) is 71.2 cm³/mol. The van der Waals surface area contributed by atoms with E-state index in [1.807, 2.05) is 30.3 Å². The molecule has 0 saturated carbocycles. The van der Waals surface area contributed by atoms with Gasteiger partial charge in [0.05, 0.1) is 0 Å². The van der Waals surface area contributed by atoms with Crippen molar-refractivity contribution >= 4 is 22.6 Å². The van der Waals surface area contributed by atoms with Crippen molar-refractivity contribution in [3.63, 3.8) is 0 Å². The third kappa shape index (κ3) is 5.01. The van der Waals surface area contributed by atoms with Crippen LogP contribution >= 0.6 is 12.4 Å². The molecule has 0 aliphatic carbocycles. The van der Waals surface area contributed by atoms with E-state index in [1.54, 1.807) is 0 Å². The highest BCUT2D eigenvalue weighted by atomic mass is 35.5. The van der Waals surface area contributed by atoms with Gasteiger partial charge in [-0.15, -0.1) is 12.4 Å². The fourth-order valence-electron chi connectivity index (χ4n) is 1.14. The minimum Gasteiger partial charge on any atom is -0.323 e. The van der Waals surface area contributed by atoms with Gasteiger partial charge in [0.2, 0.25) is 0 Å². The Morgan fingerprint density at radius 3 is 2.29 bits per heavy atom. The first kappa shape index (κ1) is 16.3. The summed E-state index contributed by atoms with van der Waals surface area (Å²) in [6, 6.07) is 9.03.